The average molecular weight is 518 g/mol. The molecule has 2 aromatic heterocycles. The van der Waals surface area contributed by atoms with E-state index >= 15 is 0 Å². The lowest BCUT2D eigenvalue weighted by Crippen LogP contribution is -2.45. The number of aromatic nitrogens is 3. The van der Waals surface area contributed by atoms with Crippen molar-refractivity contribution in [3.05, 3.63) is 82.2 Å². The van der Waals surface area contributed by atoms with Gasteiger partial charge in [-0.3, -0.25) is 4.98 Å². The summed E-state index contributed by atoms with van der Waals surface area (Å²) in [5.74, 6) is 0.483. The normalized spacial score (nSPS) is 21.5. The predicted octanol–water partition coefficient (Wildman–Crippen LogP) is 6.49. The highest BCUT2D eigenvalue weighted by Gasteiger charge is 2.45. The van der Waals surface area contributed by atoms with E-state index in [2.05, 4.69) is 97.8 Å². The Kier molecular flexibility index (Phi) is 7.32. The molecular formula is C31H40ClN5. The van der Waals surface area contributed by atoms with Crippen LogP contribution in [0.4, 0.5) is 0 Å². The van der Waals surface area contributed by atoms with Crippen molar-refractivity contribution in [2.45, 2.75) is 71.0 Å². The van der Waals surface area contributed by atoms with Crippen LogP contribution in [0.2, 0.25) is 5.02 Å². The summed E-state index contributed by atoms with van der Waals surface area (Å²) in [4.78, 5) is 12.2. The molecule has 0 radical (unpaired) electrons. The molecule has 0 bridgehead atoms. The number of imidazole rings is 1. The fourth-order valence-corrected chi connectivity index (χ4v) is 6.68. The van der Waals surface area contributed by atoms with Crippen molar-refractivity contribution in [2.75, 3.05) is 13.1 Å². The van der Waals surface area contributed by atoms with Crippen LogP contribution in [0.1, 0.15) is 81.6 Å². The Bertz CT molecular complexity index is 1280. The molecule has 0 amide bonds. The summed E-state index contributed by atoms with van der Waals surface area (Å²) in [5.41, 5.74) is 7.01. The Hall–Kier alpha value is -2.47. The Morgan fingerprint density at radius 1 is 1.11 bits per heavy atom. The number of nitrogens with one attached hydrogen (secondary N) is 1. The number of fused-ring (bicyclic) bond motifs is 2. The number of rotatable bonds is 6. The first-order chi connectivity index (χ1) is 17.7. The van der Waals surface area contributed by atoms with Crippen molar-refractivity contribution >= 4 is 23.3 Å². The highest BCUT2D eigenvalue weighted by molar-refractivity contribution is 6.30. The fourth-order valence-electron chi connectivity index (χ4n) is 6.51. The number of halogens is 1. The first-order valence-electron chi connectivity index (χ1n) is 13.6. The van der Waals surface area contributed by atoms with Crippen molar-refractivity contribution in [1.29, 1.82) is 0 Å². The molecule has 1 aliphatic carbocycles. The largest absolute Gasteiger partial charge is 0.336 e. The van der Waals surface area contributed by atoms with Gasteiger partial charge in [-0.15, -0.1) is 0 Å². The third-order valence-corrected chi connectivity index (χ3v) is 8.77. The minimum absolute atomic E-state index is 0.0390. The zero-order chi connectivity index (χ0) is 26.3. The smallest absolute Gasteiger partial charge is 0.0946 e. The molecule has 5 rings (SSSR count). The van der Waals surface area contributed by atoms with Crippen LogP contribution >= 0.6 is 11.6 Å². The van der Waals surface area contributed by atoms with Crippen molar-refractivity contribution in [3.8, 4) is 0 Å². The van der Waals surface area contributed by atoms with Gasteiger partial charge < -0.3 is 14.8 Å². The summed E-state index contributed by atoms with van der Waals surface area (Å²) in [5, 5.41) is 4.60. The van der Waals surface area contributed by atoms with Crippen molar-refractivity contribution in [1.82, 2.24) is 24.8 Å². The molecule has 196 valence electrons. The topological polar surface area (TPSA) is 46.0 Å². The van der Waals surface area contributed by atoms with Gasteiger partial charge in [0.05, 0.1) is 30.0 Å². The molecule has 6 heteroatoms. The minimum atomic E-state index is -0.229. The molecule has 1 aromatic carbocycles. The van der Waals surface area contributed by atoms with Crippen LogP contribution in [-0.2, 0) is 12.5 Å². The molecule has 37 heavy (non-hydrogen) atoms. The van der Waals surface area contributed by atoms with Crippen molar-refractivity contribution in [2.24, 2.45) is 13.0 Å². The van der Waals surface area contributed by atoms with Crippen LogP contribution in [0.25, 0.3) is 11.6 Å². The first-order valence-corrected chi connectivity index (χ1v) is 14.0. The number of hydrogen-bond acceptors (Lipinski definition) is 4. The second kappa shape index (κ2) is 10.4. The quantitative estimate of drug-likeness (QED) is 0.406. The van der Waals surface area contributed by atoms with Gasteiger partial charge in [-0.2, -0.15) is 0 Å². The monoisotopic (exact) mass is 517 g/mol. The molecular weight excluding hydrogens is 478 g/mol. The Morgan fingerprint density at radius 3 is 2.51 bits per heavy atom. The summed E-state index contributed by atoms with van der Waals surface area (Å²) < 4.78 is 2.11. The standard InChI is InChI=1S/C31H40ClN5/c1-20(2)35-29(28-18-33-19-36(28)6)26-16-22-8-7-13-34-30(22)31(5,27-10-9-24(32)17-25(26)27)23-11-14-37(15-12-23)21(3)4/h7-10,13,16-21,23,29,35H,11-12,14-15H2,1-6H3. The van der Waals surface area contributed by atoms with Gasteiger partial charge >= 0.3 is 0 Å². The van der Waals surface area contributed by atoms with Gasteiger partial charge in [-0.05, 0) is 113 Å². The third kappa shape index (κ3) is 4.78. The maximum atomic E-state index is 6.72. The molecule has 0 spiro atoms. The van der Waals surface area contributed by atoms with E-state index in [-0.39, 0.29) is 17.5 Å². The van der Waals surface area contributed by atoms with Gasteiger partial charge in [-0.1, -0.05) is 23.7 Å². The molecule has 1 N–H and O–H groups in total. The van der Waals surface area contributed by atoms with E-state index in [1.807, 2.05) is 18.7 Å². The molecule has 3 heterocycles. The Labute approximate surface area is 227 Å². The molecule has 2 aliphatic rings. The summed E-state index contributed by atoms with van der Waals surface area (Å²) >= 11 is 6.72. The lowest BCUT2D eigenvalue weighted by atomic mass is 9.64. The van der Waals surface area contributed by atoms with E-state index in [4.69, 9.17) is 16.6 Å². The summed E-state index contributed by atoms with van der Waals surface area (Å²) in [6, 6.07) is 11.6. The molecule has 0 saturated carbocycles. The van der Waals surface area contributed by atoms with Crippen LogP contribution < -0.4 is 5.32 Å². The Morgan fingerprint density at radius 2 is 1.86 bits per heavy atom. The van der Waals surface area contributed by atoms with E-state index in [0.29, 0.717) is 12.0 Å². The molecule has 1 fully saturated rings. The van der Waals surface area contributed by atoms with Crippen molar-refractivity contribution < 1.29 is 0 Å². The lowest BCUT2D eigenvalue weighted by Gasteiger charge is -2.44. The molecule has 2 atom stereocenters. The molecule has 3 aromatic rings. The van der Waals surface area contributed by atoms with Crippen LogP contribution in [0.3, 0.4) is 0 Å². The highest BCUT2D eigenvalue weighted by atomic mass is 35.5. The summed E-state index contributed by atoms with van der Waals surface area (Å²) in [7, 11) is 2.07. The maximum Gasteiger partial charge on any atom is 0.0946 e. The van der Waals surface area contributed by atoms with E-state index in [1.54, 1.807) is 0 Å². The van der Waals surface area contributed by atoms with E-state index in [1.165, 1.54) is 28.0 Å². The SMILES string of the molecule is CC(C)NC(C1=Cc2cccnc2C(C)(C2CCN(C(C)C)CC2)c2ccc(Cl)cc21)c1cncn1C. The average Bonchev–Trinajstić information content (AvgIpc) is 3.27. The number of likely N-dealkylation sites (tertiary alicyclic amines) is 1. The number of piperidine rings is 1. The van der Waals surface area contributed by atoms with Gasteiger partial charge in [0.1, 0.15) is 0 Å². The number of pyridine rings is 1. The van der Waals surface area contributed by atoms with E-state index in [9.17, 15) is 0 Å². The zero-order valence-electron chi connectivity index (χ0n) is 23.0. The number of nitrogens with zero attached hydrogens (tertiary/aromatic N) is 4. The number of aryl methyl sites for hydroxylation is 1. The lowest BCUT2D eigenvalue weighted by molar-refractivity contribution is 0.121. The van der Waals surface area contributed by atoms with Crippen LogP contribution in [0.5, 0.6) is 0 Å². The molecule has 1 saturated heterocycles. The van der Waals surface area contributed by atoms with E-state index < -0.39 is 0 Å². The van der Waals surface area contributed by atoms with Crippen LogP contribution in [0, 0.1) is 5.92 Å². The first kappa shape index (κ1) is 26.1. The van der Waals surface area contributed by atoms with E-state index in [0.717, 1.165) is 36.6 Å². The highest BCUT2D eigenvalue weighted by Crippen LogP contribution is 2.51. The molecule has 5 nitrogen and oxygen atoms in total. The van der Waals surface area contributed by atoms with Crippen LogP contribution in [0.15, 0.2) is 49.1 Å². The zero-order valence-corrected chi connectivity index (χ0v) is 23.8. The molecule has 2 unspecified atom stereocenters. The van der Waals surface area contributed by atoms with Gasteiger partial charge in [0.2, 0.25) is 0 Å². The van der Waals surface area contributed by atoms with Gasteiger partial charge in [-0.25, -0.2) is 4.98 Å². The van der Waals surface area contributed by atoms with Gasteiger partial charge in [0, 0.05) is 35.8 Å². The van der Waals surface area contributed by atoms with Gasteiger partial charge in [0.25, 0.3) is 0 Å². The Balaban J connectivity index is 1.72. The predicted molar refractivity (Wildman–Crippen MR) is 154 cm³/mol. The van der Waals surface area contributed by atoms with Gasteiger partial charge in [0.15, 0.2) is 0 Å². The number of hydrogen-bond donors (Lipinski definition) is 1. The summed E-state index contributed by atoms with van der Waals surface area (Å²) in [6.07, 6.45) is 10.5. The second-order valence-corrected chi connectivity index (χ2v) is 12.0. The molecule has 1 aliphatic heterocycles. The maximum absolute atomic E-state index is 6.72. The minimum Gasteiger partial charge on any atom is -0.336 e. The van der Waals surface area contributed by atoms with Crippen LogP contribution in [-0.4, -0.2) is 44.6 Å². The fraction of sp³-hybridized carbons (Fsp3) is 0.484. The van der Waals surface area contributed by atoms with Crippen molar-refractivity contribution in [3.63, 3.8) is 0 Å². The summed E-state index contributed by atoms with van der Waals surface area (Å²) in [6.45, 7) is 13.7. The third-order valence-electron chi connectivity index (χ3n) is 8.53. The second-order valence-electron chi connectivity index (χ2n) is 11.5. The number of benzene rings is 1.